The standard InChI is InChI=1S/C10H19N/c1-8-6-9-4-2-3-5-10(9)11-7-8/h8-11H,2-7H2,1H3. The molecule has 0 amide bonds. The van der Waals surface area contributed by atoms with E-state index in [4.69, 9.17) is 0 Å². The van der Waals surface area contributed by atoms with Gasteiger partial charge in [0.1, 0.15) is 0 Å². The fourth-order valence-electron chi connectivity index (χ4n) is 2.71. The van der Waals surface area contributed by atoms with Gasteiger partial charge in [-0.15, -0.1) is 0 Å². The first-order valence-corrected chi connectivity index (χ1v) is 5.09. The molecule has 0 bridgehead atoms. The first kappa shape index (κ1) is 7.60. The van der Waals surface area contributed by atoms with Crippen molar-refractivity contribution in [2.24, 2.45) is 11.8 Å². The van der Waals surface area contributed by atoms with Gasteiger partial charge in [-0.05, 0) is 37.6 Å². The summed E-state index contributed by atoms with van der Waals surface area (Å²) in [6.45, 7) is 3.64. The maximum Gasteiger partial charge on any atom is 0.00955 e. The van der Waals surface area contributed by atoms with Gasteiger partial charge >= 0.3 is 0 Å². The van der Waals surface area contributed by atoms with Crippen molar-refractivity contribution < 1.29 is 0 Å². The van der Waals surface area contributed by atoms with Crippen LogP contribution in [0.4, 0.5) is 0 Å². The average molecular weight is 153 g/mol. The van der Waals surface area contributed by atoms with Crippen molar-refractivity contribution in [2.45, 2.75) is 45.1 Å². The first-order valence-electron chi connectivity index (χ1n) is 5.09. The molecule has 64 valence electrons. The molecule has 0 aromatic heterocycles. The van der Waals surface area contributed by atoms with Gasteiger partial charge in [0.15, 0.2) is 0 Å². The topological polar surface area (TPSA) is 12.0 Å². The van der Waals surface area contributed by atoms with Gasteiger partial charge in [-0.3, -0.25) is 0 Å². The Hall–Kier alpha value is -0.0400. The number of fused-ring (bicyclic) bond motifs is 1. The molecular formula is C10H19N. The summed E-state index contributed by atoms with van der Waals surface area (Å²) >= 11 is 0. The van der Waals surface area contributed by atoms with Crippen molar-refractivity contribution >= 4 is 0 Å². The lowest BCUT2D eigenvalue weighted by atomic mass is 9.77. The van der Waals surface area contributed by atoms with E-state index in [1.807, 2.05) is 0 Å². The van der Waals surface area contributed by atoms with E-state index in [1.165, 1.54) is 38.6 Å². The van der Waals surface area contributed by atoms with Gasteiger partial charge in [0.05, 0.1) is 0 Å². The zero-order valence-corrected chi connectivity index (χ0v) is 7.47. The third-order valence-electron chi connectivity index (χ3n) is 3.34. The zero-order chi connectivity index (χ0) is 7.68. The molecule has 1 aliphatic heterocycles. The fourth-order valence-corrected chi connectivity index (χ4v) is 2.71. The fraction of sp³-hybridized carbons (Fsp3) is 1.00. The molecule has 1 saturated carbocycles. The molecule has 0 aromatic carbocycles. The van der Waals surface area contributed by atoms with Crippen molar-refractivity contribution in [3.05, 3.63) is 0 Å². The Morgan fingerprint density at radius 1 is 1.18 bits per heavy atom. The molecule has 1 saturated heterocycles. The molecular weight excluding hydrogens is 134 g/mol. The van der Waals surface area contributed by atoms with E-state index in [1.54, 1.807) is 0 Å². The Morgan fingerprint density at radius 2 is 2.00 bits per heavy atom. The SMILES string of the molecule is CC1CNC2CCCCC2C1. The zero-order valence-electron chi connectivity index (χ0n) is 7.47. The van der Waals surface area contributed by atoms with Crippen molar-refractivity contribution in [1.29, 1.82) is 0 Å². The molecule has 2 fully saturated rings. The largest absolute Gasteiger partial charge is 0.313 e. The van der Waals surface area contributed by atoms with Crippen molar-refractivity contribution in [3.8, 4) is 0 Å². The molecule has 1 heteroatoms. The van der Waals surface area contributed by atoms with Crippen LogP contribution >= 0.6 is 0 Å². The van der Waals surface area contributed by atoms with Gasteiger partial charge in [-0.1, -0.05) is 19.8 Å². The monoisotopic (exact) mass is 153 g/mol. The highest BCUT2D eigenvalue weighted by atomic mass is 14.9. The lowest BCUT2D eigenvalue weighted by Gasteiger charge is -2.39. The molecule has 0 radical (unpaired) electrons. The van der Waals surface area contributed by atoms with Gasteiger partial charge in [-0.2, -0.15) is 0 Å². The maximum absolute atomic E-state index is 3.67. The predicted octanol–water partition coefficient (Wildman–Crippen LogP) is 2.17. The summed E-state index contributed by atoms with van der Waals surface area (Å²) < 4.78 is 0. The molecule has 11 heavy (non-hydrogen) atoms. The van der Waals surface area contributed by atoms with Crippen LogP contribution in [-0.2, 0) is 0 Å². The summed E-state index contributed by atoms with van der Waals surface area (Å²) in [7, 11) is 0. The summed E-state index contributed by atoms with van der Waals surface area (Å²) in [6, 6.07) is 0.889. The summed E-state index contributed by atoms with van der Waals surface area (Å²) in [4.78, 5) is 0. The highest BCUT2D eigenvalue weighted by Crippen LogP contribution is 2.32. The van der Waals surface area contributed by atoms with E-state index in [9.17, 15) is 0 Å². The summed E-state index contributed by atoms with van der Waals surface area (Å²) in [5.41, 5.74) is 0. The number of nitrogens with one attached hydrogen (secondary N) is 1. The van der Waals surface area contributed by atoms with Crippen LogP contribution < -0.4 is 5.32 Å². The summed E-state index contributed by atoms with van der Waals surface area (Å²) in [5.74, 6) is 1.95. The Labute approximate surface area is 69.6 Å². The van der Waals surface area contributed by atoms with Gasteiger partial charge in [0, 0.05) is 6.04 Å². The number of hydrogen-bond donors (Lipinski definition) is 1. The van der Waals surface area contributed by atoms with E-state index in [2.05, 4.69) is 12.2 Å². The average Bonchev–Trinajstić information content (AvgIpc) is 2.04. The van der Waals surface area contributed by atoms with E-state index >= 15 is 0 Å². The second kappa shape index (κ2) is 3.14. The van der Waals surface area contributed by atoms with E-state index < -0.39 is 0 Å². The van der Waals surface area contributed by atoms with Gasteiger partial charge in [-0.25, -0.2) is 0 Å². The molecule has 0 aromatic rings. The van der Waals surface area contributed by atoms with Gasteiger partial charge in [0.2, 0.25) is 0 Å². The highest BCUT2D eigenvalue weighted by Gasteiger charge is 2.29. The smallest absolute Gasteiger partial charge is 0.00955 e. The Balaban J connectivity index is 1.93. The number of hydrogen-bond acceptors (Lipinski definition) is 1. The molecule has 2 aliphatic rings. The van der Waals surface area contributed by atoms with Crippen LogP contribution in [0.2, 0.25) is 0 Å². The van der Waals surface area contributed by atoms with Crippen LogP contribution in [0.3, 0.4) is 0 Å². The highest BCUT2D eigenvalue weighted by molar-refractivity contribution is 4.86. The maximum atomic E-state index is 3.67. The first-order chi connectivity index (χ1) is 5.36. The Kier molecular flexibility index (Phi) is 2.17. The van der Waals surface area contributed by atoms with Crippen molar-refractivity contribution in [3.63, 3.8) is 0 Å². The number of piperidine rings is 1. The minimum Gasteiger partial charge on any atom is -0.313 e. The molecule has 3 unspecified atom stereocenters. The second-order valence-electron chi connectivity index (χ2n) is 4.40. The Bertz CT molecular complexity index is 133. The van der Waals surface area contributed by atoms with E-state index in [0.29, 0.717) is 0 Å². The summed E-state index contributed by atoms with van der Waals surface area (Å²) in [6.07, 6.45) is 7.36. The quantitative estimate of drug-likeness (QED) is 0.562. The minimum absolute atomic E-state index is 0.889. The third-order valence-corrected chi connectivity index (χ3v) is 3.34. The molecule has 0 spiro atoms. The van der Waals surface area contributed by atoms with Crippen molar-refractivity contribution in [2.75, 3.05) is 6.54 Å². The molecule has 1 heterocycles. The Morgan fingerprint density at radius 3 is 2.91 bits per heavy atom. The van der Waals surface area contributed by atoms with Crippen LogP contribution in [-0.4, -0.2) is 12.6 Å². The molecule has 1 aliphatic carbocycles. The second-order valence-corrected chi connectivity index (χ2v) is 4.40. The van der Waals surface area contributed by atoms with Crippen LogP contribution in [0, 0.1) is 11.8 Å². The van der Waals surface area contributed by atoms with Crippen LogP contribution in [0.25, 0.3) is 0 Å². The molecule has 1 N–H and O–H groups in total. The van der Waals surface area contributed by atoms with Crippen molar-refractivity contribution in [1.82, 2.24) is 5.32 Å². The summed E-state index contributed by atoms with van der Waals surface area (Å²) in [5, 5.41) is 3.67. The van der Waals surface area contributed by atoms with E-state index in [-0.39, 0.29) is 0 Å². The molecule has 1 nitrogen and oxygen atoms in total. The van der Waals surface area contributed by atoms with E-state index in [0.717, 1.165) is 17.9 Å². The van der Waals surface area contributed by atoms with Crippen LogP contribution in [0.1, 0.15) is 39.0 Å². The van der Waals surface area contributed by atoms with Gasteiger partial charge in [0.25, 0.3) is 0 Å². The van der Waals surface area contributed by atoms with Gasteiger partial charge < -0.3 is 5.32 Å². The lowest BCUT2D eigenvalue weighted by molar-refractivity contribution is 0.175. The third kappa shape index (κ3) is 1.58. The number of rotatable bonds is 0. The predicted molar refractivity (Wildman–Crippen MR) is 47.5 cm³/mol. The lowest BCUT2D eigenvalue weighted by Crippen LogP contribution is -2.46. The minimum atomic E-state index is 0.889. The van der Waals surface area contributed by atoms with Crippen LogP contribution in [0.15, 0.2) is 0 Å². The molecule has 3 atom stereocenters. The normalized spacial score (nSPS) is 45.0. The van der Waals surface area contributed by atoms with Crippen LogP contribution in [0.5, 0.6) is 0 Å². The molecule has 2 rings (SSSR count).